The molecular formula is C15H14ClNO2. The van der Waals surface area contributed by atoms with Crippen LogP contribution in [0.15, 0.2) is 48.5 Å². The SMILES string of the molecule is CC(C(=O)O)c1ccc(Nc2ccc(Cl)cc2)cc1. The summed E-state index contributed by atoms with van der Waals surface area (Å²) in [6, 6.07) is 14.8. The Hall–Kier alpha value is -2.00. The Morgan fingerprint density at radius 3 is 2.00 bits per heavy atom. The topological polar surface area (TPSA) is 49.3 Å². The summed E-state index contributed by atoms with van der Waals surface area (Å²) in [5.74, 6) is -1.32. The van der Waals surface area contributed by atoms with Crippen molar-refractivity contribution in [2.24, 2.45) is 0 Å². The first kappa shape index (κ1) is 13.4. The van der Waals surface area contributed by atoms with Gasteiger partial charge in [-0.2, -0.15) is 0 Å². The molecule has 19 heavy (non-hydrogen) atoms. The minimum atomic E-state index is -0.821. The molecule has 1 unspecified atom stereocenters. The quantitative estimate of drug-likeness (QED) is 0.876. The van der Waals surface area contributed by atoms with Crippen molar-refractivity contribution < 1.29 is 9.90 Å². The second-order valence-electron chi connectivity index (χ2n) is 4.31. The third-order valence-corrected chi connectivity index (χ3v) is 3.17. The molecule has 0 aliphatic carbocycles. The maximum Gasteiger partial charge on any atom is 0.310 e. The Balaban J connectivity index is 2.10. The molecule has 98 valence electrons. The molecule has 0 fully saturated rings. The zero-order valence-corrected chi connectivity index (χ0v) is 11.2. The number of nitrogens with one attached hydrogen (secondary N) is 1. The van der Waals surface area contributed by atoms with Crippen molar-refractivity contribution in [1.29, 1.82) is 0 Å². The molecule has 0 amide bonds. The second kappa shape index (κ2) is 5.76. The third kappa shape index (κ3) is 3.48. The Morgan fingerprint density at radius 2 is 1.53 bits per heavy atom. The van der Waals surface area contributed by atoms with Crippen LogP contribution in [0, 0.1) is 0 Å². The largest absolute Gasteiger partial charge is 0.481 e. The van der Waals surface area contributed by atoms with Crippen LogP contribution in [0.2, 0.25) is 5.02 Å². The van der Waals surface area contributed by atoms with Crippen LogP contribution in [0.4, 0.5) is 11.4 Å². The molecule has 0 bridgehead atoms. The fourth-order valence-corrected chi connectivity index (χ4v) is 1.82. The number of carbonyl (C=O) groups is 1. The Morgan fingerprint density at radius 1 is 1.05 bits per heavy atom. The molecule has 0 heterocycles. The summed E-state index contributed by atoms with van der Waals surface area (Å²) in [4.78, 5) is 10.9. The van der Waals surface area contributed by atoms with E-state index in [1.165, 1.54) is 0 Å². The first-order valence-corrected chi connectivity index (χ1v) is 6.29. The fraction of sp³-hybridized carbons (Fsp3) is 0.133. The average molecular weight is 276 g/mol. The summed E-state index contributed by atoms with van der Waals surface area (Å²) in [7, 11) is 0. The molecule has 0 aromatic heterocycles. The lowest BCUT2D eigenvalue weighted by Crippen LogP contribution is -2.07. The van der Waals surface area contributed by atoms with Gasteiger partial charge in [0.1, 0.15) is 0 Å². The van der Waals surface area contributed by atoms with Crippen LogP contribution in [0.1, 0.15) is 18.4 Å². The molecule has 3 nitrogen and oxygen atoms in total. The van der Waals surface area contributed by atoms with Crippen LogP contribution >= 0.6 is 11.6 Å². The zero-order valence-electron chi connectivity index (χ0n) is 10.4. The first-order valence-electron chi connectivity index (χ1n) is 5.91. The fourth-order valence-electron chi connectivity index (χ4n) is 1.70. The van der Waals surface area contributed by atoms with Crippen molar-refractivity contribution in [2.45, 2.75) is 12.8 Å². The van der Waals surface area contributed by atoms with Crippen LogP contribution in [-0.2, 0) is 4.79 Å². The molecule has 0 saturated carbocycles. The maximum atomic E-state index is 10.9. The standard InChI is InChI=1S/C15H14ClNO2/c1-10(15(18)19)11-2-6-13(7-3-11)17-14-8-4-12(16)5-9-14/h2-10,17H,1H3,(H,18,19). The summed E-state index contributed by atoms with van der Waals surface area (Å²) < 4.78 is 0. The number of halogens is 1. The normalized spacial score (nSPS) is 11.9. The summed E-state index contributed by atoms with van der Waals surface area (Å²) >= 11 is 5.82. The van der Waals surface area contributed by atoms with E-state index < -0.39 is 11.9 Å². The Bertz CT molecular complexity index is 564. The van der Waals surface area contributed by atoms with Gasteiger partial charge in [-0.1, -0.05) is 23.7 Å². The first-order chi connectivity index (χ1) is 9.06. The summed E-state index contributed by atoms with van der Waals surface area (Å²) in [6.07, 6.45) is 0. The van der Waals surface area contributed by atoms with Gasteiger partial charge in [0.05, 0.1) is 5.92 Å². The van der Waals surface area contributed by atoms with Gasteiger partial charge in [-0.25, -0.2) is 0 Å². The van der Waals surface area contributed by atoms with E-state index in [0.29, 0.717) is 5.02 Å². The van der Waals surface area contributed by atoms with Gasteiger partial charge in [-0.15, -0.1) is 0 Å². The van der Waals surface area contributed by atoms with Crippen molar-refractivity contribution in [1.82, 2.24) is 0 Å². The number of rotatable bonds is 4. The molecule has 1 atom stereocenters. The number of benzene rings is 2. The molecular weight excluding hydrogens is 262 g/mol. The molecule has 0 saturated heterocycles. The molecule has 2 aromatic rings. The van der Waals surface area contributed by atoms with Gasteiger partial charge < -0.3 is 10.4 Å². The van der Waals surface area contributed by atoms with E-state index >= 15 is 0 Å². The van der Waals surface area contributed by atoms with Crippen LogP contribution < -0.4 is 5.32 Å². The molecule has 0 spiro atoms. The van der Waals surface area contributed by atoms with Crippen molar-refractivity contribution in [3.8, 4) is 0 Å². The molecule has 0 radical (unpaired) electrons. The van der Waals surface area contributed by atoms with E-state index in [2.05, 4.69) is 5.32 Å². The van der Waals surface area contributed by atoms with Crippen molar-refractivity contribution in [3.63, 3.8) is 0 Å². The van der Waals surface area contributed by atoms with Crippen LogP contribution in [0.3, 0.4) is 0 Å². The number of anilines is 2. The predicted molar refractivity (Wildman–Crippen MR) is 77.2 cm³/mol. The highest BCUT2D eigenvalue weighted by Gasteiger charge is 2.12. The summed E-state index contributed by atoms with van der Waals surface area (Å²) in [5.41, 5.74) is 2.63. The molecule has 2 aromatic carbocycles. The molecule has 0 aliphatic rings. The average Bonchev–Trinajstić information content (AvgIpc) is 2.41. The Kier molecular flexibility index (Phi) is 4.07. The smallest absolute Gasteiger partial charge is 0.310 e. The minimum Gasteiger partial charge on any atom is -0.481 e. The van der Waals surface area contributed by atoms with Crippen LogP contribution in [-0.4, -0.2) is 11.1 Å². The number of carboxylic acid groups (broad SMARTS) is 1. The van der Waals surface area contributed by atoms with E-state index in [9.17, 15) is 4.79 Å². The lowest BCUT2D eigenvalue weighted by Gasteiger charge is -2.09. The minimum absolute atomic E-state index is 0.496. The maximum absolute atomic E-state index is 10.9. The Labute approximate surface area is 116 Å². The van der Waals surface area contributed by atoms with Gasteiger partial charge in [0.25, 0.3) is 0 Å². The number of aliphatic carboxylic acids is 1. The zero-order chi connectivity index (χ0) is 13.8. The van der Waals surface area contributed by atoms with Crippen molar-refractivity contribution in [3.05, 3.63) is 59.1 Å². The molecule has 0 aliphatic heterocycles. The molecule has 2 N–H and O–H groups in total. The van der Waals surface area contributed by atoms with Crippen molar-refractivity contribution in [2.75, 3.05) is 5.32 Å². The molecule has 4 heteroatoms. The van der Waals surface area contributed by atoms with E-state index in [1.54, 1.807) is 6.92 Å². The van der Waals surface area contributed by atoms with E-state index in [0.717, 1.165) is 16.9 Å². The summed E-state index contributed by atoms with van der Waals surface area (Å²) in [6.45, 7) is 1.67. The van der Waals surface area contributed by atoms with E-state index in [-0.39, 0.29) is 0 Å². The van der Waals surface area contributed by atoms with Gasteiger partial charge in [0.2, 0.25) is 0 Å². The van der Waals surface area contributed by atoms with Gasteiger partial charge in [-0.3, -0.25) is 4.79 Å². The lowest BCUT2D eigenvalue weighted by atomic mass is 10.0. The third-order valence-electron chi connectivity index (χ3n) is 2.91. The van der Waals surface area contributed by atoms with Gasteiger partial charge in [-0.05, 0) is 48.9 Å². The lowest BCUT2D eigenvalue weighted by molar-refractivity contribution is -0.138. The highest BCUT2D eigenvalue weighted by atomic mass is 35.5. The number of hydrogen-bond acceptors (Lipinski definition) is 2. The van der Waals surface area contributed by atoms with Crippen LogP contribution in [0.5, 0.6) is 0 Å². The van der Waals surface area contributed by atoms with Crippen LogP contribution in [0.25, 0.3) is 0 Å². The number of carboxylic acids is 1. The van der Waals surface area contributed by atoms with Gasteiger partial charge >= 0.3 is 5.97 Å². The van der Waals surface area contributed by atoms with Crippen molar-refractivity contribution >= 4 is 28.9 Å². The predicted octanol–water partition coefficient (Wildman–Crippen LogP) is 4.27. The summed E-state index contributed by atoms with van der Waals surface area (Å²) in [5, 5.41) is 12.8. The van der Waals surface area contributed by atoms with E-state index in [1.807, 2.05) is 48.5 Å². The molecule has 2 rings (SSSR count). The second-order valence-corrected chi connectivity index (χ2v) is 4.75. The monoisotopic (exact) mass is 275 g/mol. The van der Waals surface area contributed by atoms with Gasteiger partial charge in [0, 0.05) is 16.4 Å². The highest BCUT2D eigenvalue weighted by molar-refractivity contribution is 6.30. The number of hydrogen-bond donors (Lipinski definition) is 2. The van der Waals surface area contributed by atoms with Gasteiger partial charge in [0.15, 0.2) is 0 Å². The van der Waals surface area contributed by atoms with E-state index in [4.69, 9.17) is 16.7 Å². The highest BCUT2D eigenvalue weighted by Crippen LogP contribution is 2.22.